The zero-order valence-corrected chi connectivity index (χ0v) is 13.3. The van der Waals surface area contributed by atoms with Crippen LogP contribution in [-0.2, 0) is 4.84 Å². The van der Waals surface area contributed by atoms with Gasteiger partial charge < -0.3 is 14.9 Å². The second kappa shape index (κ2) is 8.58. The topological polar surface area (TPSA) is 59.9 Å². The molecule has 0 bridgehead atoms. The molecular formula is C18H20N2O3. The number of nitrogens with one attached hydrogen (secondary N) is 1. The van der Waals surface area contributed by atoms with E-state index in [1.807, 2.05) is 31.2 Å². The highest BCUT2D eigenvalue weighted by molar-refractivity contribution is 5.95. The molecule has 0 unspecified atom stereocenters. The summed E-state index contributed by atoms with van der Waals surface area (Å²) in [6, 6.07) is 14.9. The molecule has 0 aliphatic carbocycles. The van der Waals surface area contributed by atoms with Gasteiger partial charge in [-0.25, -0.2) is 0 Å². The summed E-state index contributed by atoms with van der Waals surface area (Å²) in [5.74, 6) is 0.675. The molecule has 1 amide bonds. The van der Waals surface area contributed by atoms with Crippen molar-refractivity contribution < 1.29 is 14.4 Å². The van der Waals surface area contributed by atoms with E-state index in [0.717, 1.165) is 16.9 Å². The highest BCUT2D eigenvalue weighted by Crippen LogP contribution is 2.11. The van der Waals surface area contributed by atoms with E-state index in [1.165, 1.54) is 7.11 Å². The maximum Gasteiger partial charge on any atom is 0.251 e. The van der Waals surface area contributed by atoms with E-state index in [1.54, 1.807) is 30.5 Å². The molecular weight excluding hydrogens is 292 g/mol. The van der Waals surface area contributed by atoms with Gasteiger partial charge in [0.25, 0.3) is 5.91 Å². The minimum atomic E-state index is -0.131. The molecule has 2 rings (SSSR count). The minimum absolute atomic E-state index is 0.131. The monoisotopic (exact) mass is 312 g/mol. The molecule has 2 aromatic carbocycles. The van der Waals surface area contributed by atoms with Crippen molar-refractivity contribution in [1.29, 1.82) is 0 Å². The van der Waals surface area contributed by atoms with Crippen LogP contribution in [0, 0.1) is 6.92 Å². The van der Waals surface area contributed by atoms with Gasteiger partial charge >= 0.3 is 0 Å². The summed E-state index contributed by atoms with van der Waals surface area (Å²) < 4.78 is 5.59. The molecule has 0 aliphatic heterocycles. The van der Waals surface area contributed by atoms with Crippen LogP contribution in [-0.4, -0.2) is 32.4 Å². The van der Waals surface area contributed by atoms with Crippen molar-refractivity contribution in [3.05, 3.63) is 65.2 Å². The van der Waals surface area contributed by atoms with Crippen molar-refractivity contribution in [2.24, 2.45) is 5.16 Å². The molecule has 0 saturated carbocycles. The Morgan fingerprint density at radius 1 is 1.22 bits per heavy atom. The standard InChI is InChI=1S/C18H20N2O3/c1-14-4-3-5-17(12-14)23-11-10-19-18(21)16-8-6-15(7-9-16)13-20-22-2/h3-9,12-13H,10-11H2,1-2H3,(H,19,21)/b20-13+. The predicted octanol–water partition coefficient (Wildman–Crippen LogP) is 2.78. The number of oxime groups is 1. The highest BCUT2D eigenvalue weighted by Gasteiger charge is 2.04. The van der Waals surface area contributed by atoms with Gasteiger partial charge in [-0.3, -0.25) is 4.79 Å². The quantitative estimate of drug-likeness (QED) is 0.486. The maximum absolute atomic E-state index is 12.0. The Morgan fingerprint density at radius 2 is 2.00 bits per heavy atom. The third-order valence-corrected chi connectivity index (χ3v) is 3.13. The fraction of sp³-hybridized carbons (Fsp3) is 0.222. The summed E-state index contributed by atoms with van der Waals surface area (Å²) in [4.78, 5) is 16.6. The van der Waals surface area contributed by atoms with Crippen molar-refractivity contribution in [3.63, 3.8) is 0 Å². The molecule has 0 fully saturated rings. The van der Waals surface area contributed by atoms with E-state index >= 15 is 0 Å². The highest BCUT2D eigenvalue weighted by atomic mass is 16.6. The molecule has 2 aromatic rings. The van der Waals surface area contributed by atoms with Crippen LogP contribution >= 0.6 is 0 Å². The molecule has 5 nitrogen and oxygen atoms in total. The fourth-order valence-corrected chi connectivity index (χ4v) is 1.97. The number of hydrogen-bond donors (Lipinski definition) is 1. The number of aryl methyl sites for hydroxylation is 1. The third kappa shape index (κ3) is 5.47. The number of amides is 1. The van der Waals surface area contributed by atoms with E-state index in [-0.39, 0.29) is 5.91 Å². The van der Waals surface area contributed by atoms with Crippen LogP contribution < -0.4 is 10.1 Å². The number of benzene rings is 2. The van der Waals surface area contributed by atoms with Crippen LogP contribution in [0.1, 0.15) is 21.5 Å². The summed E-state index contributed by atoms with van der Waals surface area (Å²) in [5.41, 5.74) is 2.60. The first-order valence-corrected chi connectivity index (χ1v) is 7.33. The Kier molecular flexibility index (Phi) is 6.17. The molecule has 0 aromatic heterocycles. The maximum atomic E-state index is 12.0. The normalized spacial score (nSPS) is 10.5. The first kappa shape index (κ1) is 16.5. The molecule has 1 N–H and O–H groups in total. The number of carbonyl (C=O) groups excluding carboxylic acids is 1. The third-order valence-electron chi connectivity index (χ3n) is 3.13. The van der Waals surface area contributed by atoms with E-state index in [2.05, 4.69) is 15.3 Å². The molecule has 5 heteroatoms. The average Bonchev–Trinajstić information content (AvgIpc) is 2.57. The van der Waals surface area contributed by atoms with Gasteiger partial charge in [0, 0.05) is 5.56 Å². The summed E-state index contributed by atoms with van der Waals surface area (Å²) in [6.45, 7) is 2.88. The van der Waals surface area contributed by atoms with E-state index < -0.39 is 0 Å². The van der Waals surface area contributed by atoms with Gasteiger partial charge in [-0.2, -0.15) is 0 Å². The summed E-state index contributed by atoms with van der Waals surface area (Å²) in [6.07, 6.45) is 1.58. The SMILES string of the molecule is CO/N=C/c1ccc(C(=O)NCCOc2cccc(C)c2)cc1. The van der Waals surface area contributed by atoms with E-state index in [9.17, 15) is 4.79 Å². The van der Waals surface area contributed by atoms with Gasteiger partial charge in [0.05, 0.1) is 12.8 Å². The van der Waals surface area contributed by atoms with Crippen molar-refractivity contribution in [1.82, 2.24) is 5.32 Å². The smallest absolute Gasteiger partial charge is 0.251 e. The zero-order chi connectivity index (χ0) is 16.5. The van der Waals surface area contributed by atoms with Crippen LogP contribution in [0.4, 0.5) is 0 Å². The van der Waals surface area contributed by atoms with Crippen LogP contribution in [0.2, 0.25) is 0 Å². The Hall–Kier alpha value is -2.82. The Balaban J connectivity index is 1.77. The predicted molar refractivity (Wildman–Crippen MR) is 90.1 cm³/mol. The summed E-state index contributed by atoms with van der Waals surface area (Å²) in [5, 5.41) is 6.49. The van der Waals surface area contributed by atoms with E-state index in [0.29, 0.717) is 18.7 Å². The Morgan fingerprint density at radius 3 is 2.70 bits per heavy atom. The lowest BCUT2D eigenvalue weighted by molar-refractivity contribution is 0.0947. The van der Waals surface area contributed by atoms with Crippen molar-refractivity contribution in [3.8, 4) is 5.75 Å². The average molecular weight is 312 g/mol. The van der Waals surface area contributed by atoms with Crippen LogP contribution in [0.5, 0.6) is 5.75 Å². The minimum Gasteiger partial charge on any atom is -0.492 e. The van der Waals surface area contributed by atoms with Crippen molar-refractivity contribution in [2.75, 3.05) is 20.3 Å². The lowest BCUT2D eigenvalue weighted by atomic mass is 10.1. The van der Waals surface area contributed by atoms with Gasteiger partial charge in [-0.05, 0) is 42.3 Å². The second-order valence-corrected chi connectivity index (χ2v) is 4.96. The van der Waals surface area contributed by atoms with Gasteiger partial charge in [0.15, 0.2) is 0 Å². The summed E-state index contributed by atoms with van der Waals surface area (Å²) >= 11 is 0. The van der Waals surface area contributed by atoms with Crippen LogP contribution in [0.3, 0.4) is 0 Å². The molecule has 0 aliphatic rings. The Bertz CT molecular complexity index is 666. The first-order chi connectivity index (χ1) is 11.2. The number of carbonyl (C=O) groups is 1. The van der Waals surface area contributed by atoms with Gasteiger partial charge in [-0.15, -0.1) is 0 Å². The summed E-state index contributed by atoms with van der Waals surface area (Å²) in [7, 11) is 1.48. The van der Waals surface area contributed by atoms with Gasteiger partial charge in [-0.1, -0.05) is 29.4 Å². The van der Waals surface area contributed by atoms with Crippen LogP contribution in [0.15, 0.2) is 53.7 Å². The molecule has 120 valence electrons. The van der Waals surface area contributed by atoms with Crippen LogP contribution in [0.25, 0.3) is 0 Å². The molecule has 0 atom stereocenters. The largest absolute Gasteiger partial charge is 0.492 e. The molecule has 0 spiro atoms. The molecule has 23 heavy (non-hydrogen) atoms. The lowest BCUT2D eigenvalue weighted by Crippen LogP contribution is -2.28. The van der Waals surface area contributed by atoms with Gasteiger partial charge in [0.1, 0.15) is 19.5 Å². The molecule has 0 saturated heterocycles. The first-order valence-electron chi connectivity index (χ1n) is 7.33. The van der Waals surface area contributed by atoms with Gasteiger partial charge in [0.2, 0.25) is 0 Å². The number of ether oxygens (including phenoxy) is 1. The number of hydrogen-bond acceptors (Lipinski definition) is 4. The van der Waals surface area contributed by atoms with Crippen molar-refractivity contribution >= 4 is 12.1 Å². The number of rotatable bonds is 7. The van der Waals surface area contributed by atoms with E-state index in [4.69, 9.17) is 4.74 Å². The fourth-order valence-electron chi connectivity index (χ4n) is 1.97. The number of nitrogens with zero attached hydrogens (tertiary/aromatic N) is 1. The lowest BCUT2D eigenvalue weighted by Gasteiger charge is -2.08. The van der Waals surface area contributed by atoms with Crippen molar-refractivity contribution in [2.45, 2.75) is 6.92 Å². The zero-order valence-electron chi connectivity index (χ0n) is 13.3. The molecule has 0 heterocycles. The Labute approximate surface area is 135 Å². The second-order valence-electron chi connectivity index (χ2n) is 4.96. The molecule has 0 radical (unpaired) electrons.